The molecule has 82 valence electrons. The SMILES string of the molecule is CCC(C(=O)O)N(C)c1ccnc(C)n1. The standard InChI is InChI=1S/C10H15N3O2/c1-4-8(10(14)15)13(3)9-5-6-11-7(2)12-9/h5-6,8H,4H2,1-3H3,(H,14,15). The molecule has 0 fully saturated rings. The Kier molecular flexibility index (Phi) is 3.60. The van der Waals surface area contributed by atoms with Crippen molar-refractivity contribution in [3.8, 4) is 0 Å². The van der Waals surface area contributed by atoms with E-state index in [0.29, 0.717) is 18.1 Å². The molecule has 5 nitrogen and oxygen atoms in total. The molecule has 0 saturated carbocycles. The Morgan fingerprint density at radius 1 is 1.67 bits per heavy atom. The van der Waals surface area contributed by atoms with Gasteiger partial charge in [0.15, 0.2) is 0 Å². The maximum absolute atomic E-state index is 10.9. The fraction of sp³-hybridized carbons (Fsp3) is 0.500. The third-order valence-corrected chi connectivity index (χ3v) is 2.26. The number of aryl methyl sites for hydroxylation is 1. The fourth-order valence-electron chi connectivity index (χ4n) is 1.41. The summed E-state index contributed by atoms with van der Waals surface area (Å²) in [5.74, 6) is 0.438. The van der Waals surface area contributed by atoms with Crippen LogP contribution in [0.2, 0.25) is 0 Å². The number of aromatic nitrogens is 2. The Labute approximate surface area is 88.8 Å². The minimum Gasteiger partial charge on any atom is -0.480 e. The van der Waals surface area contributed by atoms with E-state index in [1.54, 1.807) is 31.1 Å². The first kappa shape index (κ1) is 11.4. The van der Waals surface area contributed by atoms with Crippen molar-refractivity contribution < 1.29 is 9.90 Å². The van der Waals surface area contributed by atoms with Crippen LogP contribution >= 0.6 is 0 Å². The zero-order valence-corrected chi connectivity index (χ0v) is 9.14. The summed E-state index contributed by atoms with van der Waals surface area (Å²) in [4.78, 5) is 20.7. The predicted molar refractivity (Wildman–Crippen MR) is 56.9 cm³/mol. The summed E-state index contributed by atoms with van der Waals surface area (Å²) in [6, 6.07) is 1.16. The lowest BCUT2D eigenvalue weighted by atomic mass is 10.2. The van der Waals surface area contributed by atoms with E-state index in [4.69, 9.17) is 5.11 Å². The summed E-state index contributed by atoms with van der Waals surface area (Å²) >= 11 is 0. The van der Waals surface area contributed by atoms with Gasteiger partial charge in [-0.15, -0.1) is 0 Å². The summed E-state index contributed by atoms with van der Waals surface area (Å²) in [5, 5.41) is 8.99. The molecule has 15 heavy (non-hydrogen) atoms. The molecule has 0 spiro atoms. The van der Waals surface area contributed by atoms with Crippen LogP contribution in [0.5, 0.6) is 0 Å². The molecule has 1 N–H and O–H groups in total. The van der Waals surface area contributed by atoms with Crippen LogP contribution in [-0.2, 0) is 4.79 Å². The van der Waals surface area contributed by atoms with Crippen LogP contribution in [0, 0.1) is 6.92 Å². The van der Waals surface area contributed by atoms with Crippen LogP contribution in [0.25, 0.3) is 0 Å². The maximum atomic E-state index is 10.9. The van der Waals surface area contributed by atoms with Gasteiger partial charge < -0.3 is 10.0 Å². The van der Waals surface area contributed by atoms with Crippen molar-refractivity contribution >= 4 is 11.8 Å². The summed E-state index contributed by atoms with van der Waals surface area (Å²) < 4.78 is 0. The van der Waals surface area contributed by atoms with Crippen LogP contribution in [0.4, 0.5) is 5.82 Å². The van der Waals surface area contributed by atoms with Gasteiger partial charge in [-0.2, -0.15) is 0 Å². The molecule has 1 heterocycles. The van der Waals surface area contributed by atoms with E-state index < -0.39 is 12.0 Å². The minimum absolute atomic E-state index is 0.537. The molecule has 5 heteroatoms. The topological polar surface area (TPSA) is 66.3 Å². The Morgan fingerprint density at radius 3 is 2.80 bits per heavy atom. The van der Waals surface area contributed by atoms with Crippen LogP contribution < -0.4 is 4.90 Å². The lowest BCUT2D eigenvalue weighted by Gasteiger charge is -2.24. The number of hydrogen-bond donors (Lipinski definition) is 1. The molecule has 1 aromatic heterocycles. The average Bonchev–Trinajstić information content (AvgIpc) is 2.18. The van der Waals surface area contributed by atoms with Crippen molar-refractivity contribution in [3.63, 3.8) is 0 Å². The van der Waals surface area contributed by atoms with Gasteiger partial charge in [0.05, 0.1) is 0 Å². The highest BCUT2D eigenvalue weighted by Gasteiger charge is 2.21. The van der Waals surface area contributed by atoms with Gasteiger partial charge in [0.2, 0.25) is 0 Å². The third kappa shape index (κ3) is 2.65. The van der Waals surface area contributed by atoms with Gasteiger partial charge in [-0.25, -0.2) is 14.8 Å². The van der Waals surface area contributed by atoms with E-state index in [2.05, 4.69) is 9.97 Å². The second-order valence-electron chi connectivity index (χ2n) is 3.34. The molecule has 1 aromatic rings. The van der Waals surface area contributed by atoms with Crippen LogP contribution in [0.1, 0.15) is 19.2 Å². The molecule has 0 bridgehead atoms. The smallest absolute Gasteiger partial charge is 0.326 e. The first-order chi connectivity index (χ1) is 7.06. The van der Waals surface area contributed by atoms with E-state index in [1.165, 1.54) is 0 Å². The van der Waals surface area contributed by atoms with Crippen LogP contribution in [0.3, 0.4) is 0 Å². The number of rotatable bonds is 4. The van der Waals surface area contributed by atoms with Gasteiger partial charge in [-0.3, -0.25) is 0 Å². The second-order valence-corrected chi connectivity index (χ2v) is 3.34. The van der Waals surface area contributed by atoms with E-state index in [-0.39, 0.29) is 0 Å². The zero-order chi connectivity index (χ0) is 11.4. The number of aliphatic carboxylic acids is 1. The average molecular weight is 209 g/mol. The van der Waals surface area contributed by atoms with Crippen molar-refractivity contribution in [2.45, 2.75) is 26.3 Å². The number of nitrogens with zero attached hydrogens (tertiary/aromatic N) is 3. The van der Waals surface area contributed by atoms with Gasteiger partial charge in [0.1, 0.15) is 17.7 Å². The Hall–Kier alpha value is -1.65. The molecule has 0 saturated heterocycles. The number of hydrogen-bond acceptors (Lipinski definition) is 4. The number of carboxylic acids is 1. The van der Waals surface area contributed by atoms with E-state index in [0.717, 1.165) is 0 Å². The van der Waals surface area contributed by atoms with Crippen LogP contribution in [-0.4, -0.2) is 34.1 Å². The van der Waals surface area contributed by atoms with Gasteiger partial charge in [-0.1, -0.05) is 6.92 Å². The lowest BCUT2D eigenvalue weighted by Crippen LogP contribution is -2.38. The molecule has 0 aliphatic heterocycles. The largest absolute Gasteiger partial charge is 0.480 e. The Balaban J connectivity index is 2.92. The van der Waals surface area contributed by atoms with E-state index in [9.17, 15) is 4.79 Å². The molecule has 1 unspecified atom stereocenters. The van der Waals surface area contributed by atoms with Crippen LogP contribution in [0.15, 0.2) is 12.3 Å². The maximum Gasteiger partial charge on any atom is 0.326 e. The van der Waals surface area contributed by atoms with Crippen molar-refractivity contribution in [2.24, 2.45) is 0 Å². The predicted octanol–water partition coefficient (Wildman–Crippen LogP) is 1.08. The third-order valence-electron chi connectivity index (χ3n) is 2.26. The first-order valence-corrected chi connectivity index (χ1v) is 4.81. The molecule has 0 aliphatic rings. The molecule has 0 amide bonds. The molecule has 0 aromatic carbocycles. The molecular formula is C10H15N3O2. The summed E-state index contributed by atoms with van der Waals surface area (Å²) in [6.45, 7) is 3.61. The number of likely N-dealkylation sites (N-methyl/N-ethyl adjacent to an activating group) is 1. The number of carboxylic acid groups (broad SMARTS) is 1. The molecule has 0 radical (unpaired) electrons. The monoisotopic (exact) mass is 209 g/mol. The van der Waals surface area contributed by atoms with Gasteiger partial charge >= 0.3 is 5.97 Å². The fourth-order valence-corrected chi connectivity index (χ4v) is 1.41. The van der Waals surface area contributed by atoms with Gasteiger partial charge in [0, 0.05) is 13.2 Å². The molecule has 0 aliphatic carbocycles. The highest BCUT2D eigenvalue weighted by Crippen LogP contribution is 2.13. The highest BCUT2D eigenvalue weighted by molar-refractivity contribution is 5.77. The minimum atomic E-state index is -0.837. The Morgan fingerprint density at radius 2 is 2.33 bits per heavy atom. The number of anilines is 1. The molecule has 1 rings (SSSR count). The van der Waals surface area contributed by atoms with E-state index >= 15 is 0 Å². The second kappa shape index (κ2) is 4.72. The van der Waals surface area contributed by atoms with E-state index in [1.807, 2.05) is 6.92 Å². The summed E-state index contributed by atoms with van der Waals surface area (Å²) in [6.07, 6.45) is 2.16. The highest BCUT2D eigenvalue weighted by atomic mass is 16.4. The Bertz CT molecular complexity index is 354. The zero-order valence-electron chi connectivity index (χ0n) is 9.14. The lowest BCUT2D eigenvalue weighted by molar-refractivity contribution is -0.138. The van der Waals surface area contributed by atoms with Crippen molar-refractivity contribution in [3.05, 3.63) is 18.1 Å². The van der Waals surface area contributed by atoms with Gasteiger partial charge in [-0.05, 0) is 19.4 Å². The van der Waals surface area contributed by atoms with Crippen molar-refractivity contribution in [1.29, 1.82) is 0 Å². The first-order valence-electron chi connectivity index (χ1n) is 4.81. The molecular weight excluding hydrogens is 194 g/mol. The quantitative estimate of drug-likeness (QED) is 0.803. The number of carbonyl (C=O) groups is 1. The molecule has 1 atom stereocenters. The summed E-state index contributed by atoms with van der Waals surface area (Å²) in [5.41, 5.74) is 0. The summed E-state index contributed by atoms with van der Waals surface area (Å²) in [7, 11) is 1.73. The van der Waals surface area contributed by atoms with Crippen molar-refractivity contribution in [1.82, 2.24) is 9.97 Å². The normalized spacial score (nSPS) is 12.2. The van der Waals surface area contributed by atoms with Crippen molar-refractivity contribution in [2.75, 3.05) is 11.9 Å². The van der Waals surface area contributed by atoms with Gasteiger partial charge in [0.25, 0.3) is 0 Å².